The molecular formula is C14H14F2N2O2. The number of hydrogen-bond donors (Lipinski definition) is 1. The van der Waals surface area contributed by atoms with Gasteiger partial charge in [-0.3, -0.25) is 0 Å². The Morgan fingerprint density at radius 3 is 2.50 bits per heavy atom. The van der Waals surface area contributed by atoms with Crippen LogP contribution >= 0.6 is 0 Å². The van der Waals surface area contributed by atoms with E-state index in [2.05, 4.69) is 0 Å². The molecule has 0 amide bonds. The Hall–Kier alpha value is -2.42. The highest BCUT2D eigenvalue weighted by Crippen LogP contribution is 2.26. The Labute approximate surface area is 115 Å². The third-order valence-corrected chi connectivity index (χ3v) is 2.86. The van der Waals surface area contributed by atoms with Gasteiger partial charge in [0.1, 0.15) is 17.3 Å². The zero-order valence-corrected chi connectivity index (χ0v) is 11.1. The van der Waals surface area contributed by atoms with E-state index < -0.39 is 17.6 Å². The van der Waals surface area contributed by atoms with Crippen molar-refractivity contribution in [2.45, 2.75) is 19.4 Å². The van der Waals surface area contributed by atoms with Gasteiger partial charge in [0.05, 0.1) is 12.5 Å². The summed E-state index contributed by atoms with van der Waals surface area (Å²) in [7, 11) is 1.50. The first-order chi connectivity index (χ1) is 9.36. The van der Waals surface area contributed by atoms with Gasteiger partial charge in [0, 0.05) is 19.2 Å². The number of halogens is 2. The molecule has 1 unspecified atom stereocenters. The third-order valence-electron chi connectivity index (χ3n) is 2.86. The molecule has 0 fully saturated rings. The summed E-state index contributed by atoms with van der Waals surface area (Å²) >= 11 is 0. The molecule has 0 bridgehead atoms. The highest BCUT2D eigenvalue weighted by atomic mass is 19.1. The molecule has 0 aliphatic carbocycles. The Balaban J connectivity index is 3.12. The fraction of sp³-hybridized carbons (Fsp3) is 0.286. The summed E-state index contributed by atoms with van der Waals surface area (Å²) in [4.78, 5) is 11.7. The molecule has 1 rings (SSSR count). The van der Waals surface area contributed by atoms with Gasteiger partial charge in [-0.1, -0.05) is 0 Å². The molecule has 4 nitrogen and oxygen atoms in total. The molecule has 1 N–H and O–H groups in total. The van der Waals surface area contributed by atoms with Crippen LogP contribution in [-0.2, 0) is 4.79 Å². The summed E-state index contributed by atoms with van der Waals surface area (Å²) in [5, 5.41) is 17.1. The lowest BCUT2D eigenvalue weighted by molar-refractivity contribution is -0.131. The van der Waals surface area contributed by atoms with E-state index in [-0.39, 0.29) is 23.7 Å². The van der Waals surface area contributed by atoms with E-state index in [1.54, 1.807) is 6.92 Å². The molecule has 0 heterocycles. The van der Waals surface area contributed by atoms with Crippen LogP contribution in [0.15, 0.2) is 18.2 Å². The lowest BCUT2D eigenvalue weighted by atomic mass is 10.1. The second-order valence-electron chi connectivity index (χ2n) is 4.33. The molecule has 0 aromatic heterocycles. The van der Waals surface area contributed by atoms with E-state index in [1.807, 2.05) is 6.07 Å². The highest BCUT2D eigenvalue weighted by Gasteiger charge is 2.18. The number of benzene rings is 1. The van der Waals surface area contributed by atoms with Gasteiger partial charge in [-0.25, -0.2) is 13.6 Å². The number of rotatable bonds is 5. The van der Waals surface area contributed by atoms with Crippen LogP contribution in [-0.4, -0.2) is 24.2 Å². The van der Waals surface area contributed by atoms with Gasteiger partial charge < -0.3 is 10.0 Å². The van der Waals surface area contributed by atoms with Crippen LogP contribution in [0.5, 0.6) is 0 Å². The first-order valence-corrected chi connectivity index (χ1v) is 5.86. The van der Waals surface area contributed by atoms with Gasteiger partial charge >= 0.3 is 5.97 Å². The van der Waals surface area contributed by atoms with Crippen LogP contribution in [0.1, 0.15) is 18.9 Å². The van der Waals surface area contributed by atoms with Crippen molar-refractivity contribution in [3.63, 3.8) is 0 Å². The van der Waals surface area contributed by atoms with Crippen molar-refractivity contribution in [3.05, 3.63) is 35.4 Å². The van der Waals surface area contributed by atoms with Crippen LogP contribution in [0.25, 0.3) is 6.08 Å². The Bertz CT molecular complexity index is 556. The van der Waals surface area contributed by atoms with E-state index >= 15 is 0 Å². The Kier molecular flexibility index (Phi) is 5.21. The molecule has 0 saturated heterocycles. The number of nitrogens with zero attached hydrogens (tertiary/aromatic N) is 2. The Morgan fingerprint density at radius 2 is 2.05 bits per heavy atom. The fourth-order valence-electron chi connectivity index (χ4n) is 1.68. The van der Waals surface area contributed by atoms with E-state index in [4.69, 9.17) is 10.4 Å². The zero-order valence-electron chi connectivity index (χ0n) is 11.1. The predicted molar refractivity (Wildman–Crippen MR) is 71.1 cm³/mol. The van der Waals surface area contributed by atoms with E-state index in [0.717, 1.165) is 24.3 Å². The van der Waals surface area contributed by atoms with Crippen molar-refractivity contribution in [1.82, 2.24) is 0 Å². The number of carboxylic acid groups (broad SMARTS) is 1. The first-order valence-electron chi connectivity index (χ1n) is 5.86. The monoisotopic (exact) mass is 280 g/mol. The van der Waals surface area contributed by atoms with Crippen LogP contribution < -0.4 is 4.90 Å². The van der Waals surface area contributed by atoms with Gasteiger partial charge in [-0.15, -0.1) is 0 Å². The standard InChI is InChI=1S/C14H14F2N2O2/c1-9(5-6-17)18(2)14-11(15)7-10(8-12(14)16)3-4-13(19)20/h3-4,7-9H,5H2,1-2H3,(H,19,20). The summed E-state index contributed by atoms with van der Waals surface area (Å²) in [6.45, 7) is 1.68. The molecule has 20 heavy (non-hydrogen) atoms. The number of carbonyl (C=O) groups is 1. The maximum atomic E-state index is 13.9. The third kappa shape index (κ3) is 3.79. The molecule has 0 spiro atoms. The van der Waals surface area contributed by atoms with Gasteiger partial charge in [-0.2, -0.15) is 5.26 Å². The summed E-state index contributed by atoms with van der Waals surface area (Å²) in [5.74, 6) is -2.81. The molecular weight excluding hydrogens is 266 g/mol. The van der Waals surface area contributed by atoms with Crippen molar-refractivity contribution in [2.75, 3.05) is 11.9 Å². The average molecular weight is 280 g/mol. The van der Waals surface area contributed by atoms with Crippen molar-refractivity contribution in [1.29, 1.82) is 5.26 Å². The largest absolute Gasteiger partial charge is 0.478 e. The highest BCUT2D eigenvalue weighted by molar-refractivity contribution is 5.85. The van der Waals surface area contributed by atoms with Gasteiger partial charge in [0.25, 0.3) is 0 Å². The van der Waals surface area contributed by atoms with Crippen LogP contribution in [0, 0.1) is 23.0 Å². The molecule has 6 heteroatoms. The quantitative estimate of drug-likeness (QED) is 0.842. The van der Waals surface area contributed by atoms with Gasteiger partial charge in [0.15, 0.2) is 0 Å². The lowest BCUT2D eigenvalue weighted by Crippen LogP contribution is -2.30. The van der Waals surface area contributed by atoms with Crippen LogP contribution in [0.2, 0.25) is 0 Å². The normalized spacial score (nSPS) is 12.2. The molecule has 1 aromatic carbocycles. The molecule has 0 saturated carbocycles. The molecule has 106 valence electrons. The second-order valence-corrected chi connectivity index (χ2v) is 4.33. The van der Waals surface area contributed by atoms with Crippen molar-refractivity contribution in [3.8, 4) is 6.07 Å². The van der Waals surface area contributed by atoms with Crippen molar-refractivity contribution < 1.29 is 18.7 Å². The lowest BCUT2D eigenvalue weighted by Gasteiger charge is -2.26. The number of anilines is 1. The van der Waals surface area contributed by atoms with E-state index in [9.17, 15) is 13.6 Å². The number of nitriles is 1. The molecule has 1 aromatic rings. The van der Waals surface area contributed by atoms with Gasteiger partial charge in [0.2, 0.25) is 0 Å². The first kappa shape index (κ1) is 15.6. The van der Waals surface area contributed by atoms with E-state index in [0.29, 0.717) is 0 Å². The van der Waals surface area contributed by atoms with E-state index in [1.165, 1.54) is 11.9 Å². The molecule has 0 radical (unpaired) electrons. The van der Waals surface area contributed by atoms with Crippen molar-refractivity contribution >= 4 is 17.7 Å². The predicted octanol–water partition coefficient (Wildman–Crippen LogP) is 2.80. The van der Waals surface area contributed by atoms with Crippen molar-refractivity contribution in [2.24, 2.45) is 0 Å². The minimum absolute atomic E-state index is 0.118. The molecule has 1 atom stereocenters. The molecule has 0 aliphatic heterocycles. The Morgan fingerprint density at radius 1 is 1.50 bits per heavy atom. The maximum Gasteiger partial charge on any atom is 0.328 e. The molecule has 0 aliphatic rings. The number of carboxylic acids is 1. The summed E-state index contributed by atoms with van der Waals surface area (Å²) < 4.78 is 27.9. The summed E-state index contributed by atoms with van der Waals surface area (Å²) in [6.07, 6.45) is 2.04. The topological polar surface area (TPSA) is 64.3 Å². The fourth-order valence-corrected chi connectivity index (χ4v) is 1.68. The average Bonchev–Trinajstić information content (AvgIpc) is 2.35. The van der Waals surface area contributed by atoms with Crippen LogP contribution in [0.3, 0.4) is 0 Å². The SMILES string of the molecule is CC(CC#N)N(C)c1c(F)cc(C=CC(=O)O)cc1F. The minimum atomic E-state index is -1.20. The second kappa shape index (κ2) is 6.66. The zero-order chi connectivity index (χ0) is 15.3. The smallest absolute Gasteiger partial charge is 0.328 e. The summed E-state index contributed by atoms with van der Waals surface area (Å²) in [6, 6.07) is 3.69. The van der Waals surface area contributed by atoms with Gasteiger partial charge in [-0.05, 0) is 30.7 Å². The maximum absolute atomic E-state index is 13.9. The van der Waals surface area contributed by atoms with Crippen LogP contribution in [0.4, 0.5) is 14.5 Å². The minimum Gasteiger partial charge on any atom is -0.478 e. The number of aliphatic carboxylic acids is 1. The summed E-state index contributed by atoms with van der Waals surface area (Å²) in [5.41, 5.74) is -0.118. The number of hydrogen-bond acceptors (Lipinski definition) is 3.